The number of aliphatic hydroxyl groups is 2. The van der Waals surface area contributed by atoms with Crippen LogP contribution >= 0.6 is 12.4 Å². The number of aliphatic hydroxyl groups excluding tert-OH is 2. The molecule has 0 bridgehead atoms. The Morgan fingerprint density at radius 1 is 0.484 bits per heavy atom. The van der Waals surface area contributed by atoms with Gasteiger partial charge in [-0.3, -0.25) is 61.9 Å². The van der Waals surface area contributed by atoms with Gasteiger partial charge in [0.05, 0.1) is 125 Å². The number of fused-ring (bicyclic) bond motifs is 6. The van der Waals surface area contributed by atoms with Crippen LogP contribution in [0.4, 0.5) is 0 Å². The summed E-state index contributed by atoms with van der Waals surface area (Å²) in [5.74, 6) is -1.55. The number of hydrogen-bond acceptors (Lipinski definition) is 28. The summed E-state index contributed by atoms with van der Waals surface area (Å²) in [6, 6.07) is 22.8. The molecule has 5 saturated heterocycles. The molecule has 17 heterocycles. The maximum Gasteiger partial charge on any atom is 1.00 e. The van der Waals surface area contributed by atoms with Gasteiger partial charge in [0.15, 0.2) is 17.4 Å². The summed E-state index contributed by atoms with van der Waals surface area (Å²) < 4.78 is 35.7. The molecular weight excluding hydrogens is 1620 g/mol. The molecule has 0 unspecified atom stereocenters. The summed E-state index contributed by atoms with van der Waals surface area (Å²) >= 11 is 0. The average Bonchev–Trinajstić information content (AvgIpc) is 1.54. The van der Waals surface area contributed by atoms with Crippen LogP contribution in [0.15, 0.2) is 124 Å². The summed E-state index contributed by atoms with van der Waals surface area (Å²) in [6.07, 6.45) is 20.0. The third-order valence-corrected chi connectivity index (χ3v) is 21.9. The number of carbonyl (C=O) groups is 4. The fourth-order valence-electron chi connectivity index (χ4n) is 15.4. The summed E-state index contributed by atoms with van der Waals surface area (Å²) in [5, 5.41) is 36.3. The van der Waals surface area contributed by atoms with Crippen molar-refractivity contribution in [2.75, 3.05) is 78.9 Å². The molecule has 0 atom stereocenters. The van der Waals surface area contributed by atoms with Gasteiger partial charge in [0.2, 0.25) is 5.97 Å². The van der Waals surface area contributed by atoms with Crippen molar-refractivity contribution in [2.45, 2.75) is 189 Å². The van der Waals surface area contributed by atoms with Crippen molar-refractivity contribution in [3.8, 4) is 34.2 Å². The Morgan fingerprint density at radius 3 is 1.13 bits per heavy atom. The molecule has 124 heavy (non-hydrogen) atoms. The van der Waals surface area contributed by atoms with Crippen molar-refractivity contribution < 1.29 is 92.3 Å². The van der Waals surface area contributed by atoms with Gasteiger partial charge in [-0.05, 0) is 216 Å². The van der Waals surface area contributed by atoms with Gasteiger partial charge in [0.1, 0.15) is 47.2 Å². The average molecular weight is 1730 g/mol. The molecule has 3 radical (unpaired) electrons. The van der Waals surface area contributed by atoms with Gasteiger partial charge in [0, 0.05) is 57.6 Å². The van der Waals surface area contributed by atoms with Gasteiger partial charge in [-0.2, -0.15) is 15.3 Å². The van der Waals surface area contributed by atoms with E-state index in [1.807, 2.05) is 128 Å². The summed E-state index contributed by atoms with van der Waals surface area (Å²) in [5.41, 5.74) is 17.3. The van der Waals surface area contributed by atoms with E-state index in [-0.39, 0.29) is 96.9 Å². The SMILES string of the molecule is CC(=O)OOC(C)=O.CC1(C)OCC(=O)CO1.CCc1nc(C)cn2nc(-c3cc(=O)n4cc(C5CCN(C(CO)CO)CC5)ccc4n3)cc12.CCc1nc(C)cn2nc(-c3cc(=O)n4cc(C5CCN(C6COC(C)(C)OC6)CC5)ccc4n3)cc12.CCc1nc(C)cn2nc(-c3cc(=O)n4cc(C5CCNCC5)ccc4n3)cc12.Cl.[B-]OC(C)=O.[Na+]. The van der Waals surface area contributed by atoms with Crippen LogP contribution in [0.1, 0.15) is 176 Å². The Labute approximate surface area is 746 Å². The number of pyridine rings is 3. The Kier molecular flexibility index (Phi) is 33.6. The maximum absolute atomic E-state index is 13.2. The van der Waals surface area contributed by atoms with E-state index in [1.165, 1.54) is 18.1 Å². The van der Waals surface area contributed by atoms with Crippen molar-refractivity contribution >= 4 is 77.6 Å². The molecule has 0 amide bonds. The van der Waals surface area contributed by atoms with E-state index in [9.17, 15) is 43.8 Å². The molecule has 17 rings (SSSR count). The second-order valence-electron chi connectivity index (χ2n) is 31.8. The number of piperidine rings is 3. The molecular formula is C87H108BClN18NaO16. The van der Waals surface area contributed by atoms with Gasteiger partial charge in [-0.25, -0.2) is 47.9 Å². The largest absolute Gasteiger partial charge is 1.00 e. The van der Waals surface area contributed by atoms with Crippen molar-refractivity contribution in [3.05, 3.63) is 192 Å². The molecule has 0 aromatic carbocycles. The minimum Gasteiger partial charge on any atom is -0.793 e. The fourth-order valence-corrected chi connectivity index (χ4v) is 15.4. The predicted molar refractivity (Wildman–Crippen MR) is 462 cm³/mol. The zero-order valence-corrected chi connectivity index (χ0v) is 75.6. The Morgan fingerprint density at radius 2 is 0.815 bits per heavy atom. The normalized spacial score (nSPS) is 16.4. The number of nitrogens with zero attached hydrogens (tertiary/aromatic N) is 17. The number of ketones is 1. The molecule has 12 aromatic rings. The Bertz CT molecular complexity index is 5910. The third kappa shape index (κ3) is 24.4. The molecule has 653 valence electrons. The second kappa shape index (κ2) is 43.3. The molecule has 37 heteroatoms. The Balaban J connectivity index is 0.000000172. The molecule has 12 aromatic heterocycles. The maximum atomic E-state index is 13.2. The van der Waals surface area contributed by atoms with Crippen molar-refractivity contribution in [3.63, 3.8) is 0 Å². The van der Waals surface area contributed by atoms with E-state index in [0.29, 0.717) is 88.1 Å². The summed E-state index contributed by atoms with van der Waals surface area (Å²) in [7, 11) is 4.32. The number of ether oxygens (including phenoxy) is 4. The predicted octanol–water partition coefficient (Wildman–Crippen LogP) is 5.58. The zero-order valence-electron chi connectivity index (χ0n) is 72.8. The van der Waals surface area contributed by atoms with Gasteiger partial charge in [-0.15, -0.1) is 12.4 Å². The Hall–Kier alpha value is -9.99. The van der Waals surface area contributed by atoms with Crippen LogP contribution in [0.2, 0.25) is 0 Å². The van der Waals surface area contributed by atoms with Crippen LogP contribution in [-0.4, -0.2) is 226 Å². The number of aromatic nitrogens is 15. The minimum absolute atomic E-state index is 0. The van der Waals surface area contributed by atoms with Crippen molar-refractivity contribution in [1.82, 2.24) is 87.1 Å². The first-order chi connectivity index (χ1) is 58.4. The smallest absolute Gasteiger partial charge is 0.793 e. The molecule has 5 fully saturated rings. The van der Waals surface area contributed by atoms with Crippen LogP contribution in [-0.2, 0) is 71.8 Å². The number of halogens is 1. The first-order valence-electron chi connectivity index (χ1n) is 41.3. The number of carbonyl (C=O) groups excluding carboxylic acids is 4. The number of likely N-dealkylation sites (tertiary alicyclic amines) is 2. The number of nitrogens with one attached hydrogen (secondary N) is 1. The number of hydrogen-bond donors (Lipinski definition) is 3. The van der Waals surface area contributed by atoms with E-state index in [0.717, 1.165) is 167 Å². The number of Topliss-reactive ketones (excluding diaryl/α,β-unsaturated/α-hetero) is 1. The van der Waals surface area contributed by atoms with Gasteiger partial charge in [-0.1, -0.05) is 39.0 Å². The quantitative estimate of drug-likeness (QED) is 0.0720. The van der Waals surface area contributed by atoms with Gasteiger partial charge < -0.3 is 47.2 Å². The monoisotopic (exact) mass is 1730 g/mol. The molecule has 3 N–H and O–H groups in total. The third-order valence-electron chi connectivity index (χ3n) is 21.9. The van der Waals surface area contributed by atoms with E-state index in [2.05, 4.69) is 101 Å². The first kappa shape index (κ1) is 96.2. The van der Waals surface area contributed by atoms with Gasteiger partial charge in [0.25, 0.3) is 16.7 Å². The van der Waals surface area contributed by atoms with E-state index >= 15 is 0 Å². The van der Waals surface area contributed by atoms with Crippen LogP contribution in [0.25, 0.3) is 67.7 Å². The van der Waals surface area contributed by atoms with Crippen LogP contribution in [0, 0.1) is 20.8 Å². The molecule has 0 saturated carbocycles. The summed E-state index contributed by atoms with van der Waals surface area (Å²) in [4.78, 5) is 119. The van der Waals surface area contributed by atoms with Gasteiger partial charge >= 0.3 is 41.5 Å². The van der Waals surface area contributed by atoms with E-state index in [4.69, 9.17) is 33.9 Å². The molecule has 5 aliphatic heterocycles. The minimum atomic E-state index is -0.639. The first-order valence-corrected chi connectivity index (χ1v) is 41.3. The van der Waals surface area contributed by atoms with Crippen LogP contribution < -0.4 is 51.6 Å². The number of rotatable bonds is 13. The molecule has 5 aliphatic rings. The standard InChI is InChI=1S/C28H34N6O3.C25H30N6O3.C22H24N6O.C6H10O3.C4H6O4.C2H3BO2.ClH.Na/c1-5-22-25-12-24(31-34(25)14-18(2)29-22)23-13-27(35)33-15-20(6-7-26(33)30-23)19-8-10-32(11-9-19)21-16-36-28(3,4)37-17-21;1-3-20-23-10-22(28-31(23)12-16(2)26-20)21-11-25(34)30-13-18(4-5-24(30)27-21)17-6-8-29(9-7-17)19(14-32)15-33;1-3-17-20-10-19(26-28(20)12-14(2)24-17)18-11-22(29)27-13-16(4-5-21(27)25-18)15-6-8-23-9-7-15;1-6(2)8-3-5(7)4-9-6;1-3(5)7-8-4(2)6;1-2(4)5-3;;/h6-7,12-15,19,21H,5,8-11,16-17H2,1-4H3;4-5,10-13,17,19,32-33H,3,6-9,14-15H2,1-2H3;4-5,10-13,15,23H,3,6-9H2,1-2H3;3-4H2,1-2H3;1-2H3;1H3;1H;/q;;;;;-1;;+1. The number of aryl methyl sites for hydroxylation is 6. The van der Waals surface area contributed by atoms with E-state index in [1.54, 1.807) is 45.2 Å². The van der Waals surface area contributed by atoms with Crippen LogP contribution in [0.5, 0.6) is 0 Å². The van der Waals surface area contributed by atoms with Crippen LogP contribution in [0.3, 0.4) is 0 Å². The van der Waals surface area contributed by atoms with E-state index < -0.39 is 29.5 Å². The molecule has 0 aliphatic carbocycles. The zero-order chi connectivity index (χ0) is 87.3. The second-order valence-corrected chi connectivity index (χ2v) is 31.8. The fraction of sp³-hybridized carbons (Fsp3) is 0.471. The summed E-state index contributed by atoms with van der Waals surface area (Å²) in [6.45, 7) is 30.5. The molecule has 0 spiro atoms. The van der Waals surface area contributed by atoms with Crippen molar-refractivity contribution in [1.29, 1.82) is 0 Å². The van der Waals surface area contributed by atoms with Crippen molar-refractivity contribution in [2.24, 2.45) is 0 Å². The molecule has 34 nitrogen and oxygen atoms in total. The topological polar surface area (TPSA) is 386 Å².